The molecule has 3 fully saturated rings. The largest absolute Gasteiger partial charge is 0.496 e. The van der Waals surface area contributed by atoms with Gasteiger partial charge in [0.25, 0.3) is 5.91 Å². The molecule has 178 valence electrons. The third kappa shape index (κ3) is 3.87. The SMILES string of the molecule is COc1cccc2[nH]c(C(=O)N3CC4CCC[C@@H]4C3C(=O)NC(C#N)CC3CCNC3=O)cc12. The minimum atomic E-state index is -0.768. The Hall–Kier alpha value is -3.54. The van der Waals surface area contributed by atoms with E-state index >= 15 is 0 Å². The number of nitrogens with one attached hydrogen (secondary N) is 3. The molecular weight excluding hydrogens is 434 g/mol. The zero-order valence-corrected chi connectivity index (χ0v) is 19.2. The highest BCUT2D eigenvalue weighted by atomic mass is 16.5. The normalized spacial score (nSPS) is 26.7. The maximum atomic E-state index is 13.6. The van der Waals surface area contributed by atoms with E-state index in [4.69, 9.17) is 4.74 Å². The van der Waals surface area contributed by atoms with Gasteiger partial charge in [-0.3, -0.25) is 14.4 Å². The minimum absolute atomic E-state index is 0.0720. The standard InChI is InChI=1S/C25H29N5O4/c1-34-21-7-3-6-19-18(21)11-20(29-19)25(33)30-13-15-4-2-5-17(15)22(30)24(32)28-16(12-26)10-14-8-9-27-23(14)31/h3,6-7,11,14-17,22,29H,2,4-5,8-10,13H2,1H3,(H,27,31)(H,28,32)/t14?,15?,16?,17-,22?/m0/s1. The number of fused-ring (bicyclic) bond motifs is 2. The topological polar surface area (TPSA) is 127 Å². The molecule has 2 aromatic rings. The quantitative estimate of drug-likeness (QED) is 0.603. The molecular formula is C25H29N5O4. The van der Waals surface area contributed by atoms with E-state index in [0.29, 0.717) is 31.0 Å². The van der Waals surface area contributed by atoms with Crippen molar-refractivity contribution in [2.45, 2.75) is 44.2 Å². The van der Waals surface area contributed by atoms with Gasteiger partial charge in [-0.25, -0.2) is 0 Å². The summed E-state index contributed by atoms with van der Waals surface area (Å²) in [5.41, 5.74) is 1.21. The molecule has 3 heterocycles. The second-order valence-corrected chi connectivity index (χ2v) is 9.56. The number of carbonyl (C=O) groups is 3. The number of amides is 3. The van der Waals surface area contributed by atoms with E-state index in [1.54, 1.807) is 18.1 Å². The number of nitriles is 1. The van der Waals surface area contributed by atoms with Gasteiger partial charge in [-0.15, -0.1) is 0 Å². The van der Waals surface area contributed by atoms with Crippen LogP contribution in [0.4, 0.5) is 0 Å². The van der Waals surface area contributed by atoms with Crippen molar-refractivity contribution in [1.82, 2.24) is 20.5 Å². The van der Waals surface area contributed by atoms with Crippen LogP contribution in [0.15, 0.2) is 24.3 Å². The molecule has 1 aromatic carbocycles. The smallest absolute Gasteiger partial charge is 0.271 e. The molecule has 5 rings (SSSR count). The van der Waals surface area contributed by atoms with Crippen molar-refractivity contribution in [2.24, 2.45) is 17.8 Å². The second kappa shape index (κ2) is 9.01. The Morgan fingerprint density at radius 3 is 2.91 bits per heavy atom. The first-order chi connectivity index (χ1) is 16.5. The Morgan fingerprint density at radius 2 is 2.18 bits per heavy atom. The third-order valence-electron chi connectivity index (χ3n) is 7.65. The van der Waals surface area contributed by atoms with Crippen LogP contribution in [-0.2, 0) is 9.59 Å². The van der Waals surface area contributed by atoms with Crippen LogP contribution in [0.25, 0.3) is 10.9 Å². The predicted molar refractivity (Wildman–Crippen MR) is 124 cm³/mol. The van der Waals surface area contributed by atoms with Crippen LogP contribution in [0.1, 0.15) is 42.6 Å². The van der Waals surface area contributed by atoms with Crippen LogP contribution >= 0.6 is 0 Å². The summed E-state index contributed by atoms with van der Waals surface area (Å²) in [5, 5.41) is 16.1. The number of nitrogens with zero attached hydrogens (tertiary/aromatic N) is 2. The summed E-state index contributed by atoms with van der Waals surface area (Å²) in [5.74, 6) is 0.159. The van der Waals surface area contributed by atoms with E-state index in [1.165, 1.54) is 0 Å². The molecule has 0 radical (unpaired) electrons. The Bertz CT molecular complexity index is 1170. The summed E-state index contributed by atoms with van der Waals surface area (Å²) in [4.78, 5) is 43.8. The molecule has 3 N–H and O–H groups in total. The van der Waals surface area contributed by atoms with Gasteiger partial charge in [0.05, 0.1) is 13.2 Å². The molecule has 1 saturated carbocycles. The highest BCUT2D eigenvalue weighted by Gasteiger charge is 2.50. The molecule has 3 amide bonds. The fraction of sp³-hybridized carbons (Fsp3) is 0.520. The summed E-state index contributed by atoms with van der Waals surface area (Å²) in [6.07, 6.45) is 3.85. The molecule has 5 atom stereocenters. The number of rotatable bonds is 6. The molecule has 3 aliphatic rings. The zero-order valence-electron chi connectivity index (χ0n) is 19.2. The molecule has 0 bridgehead atoms. The Labute approximate surface area is 197 Å². The van der Waals surface area contributed by atoms with E-state index < -0.39 is 12.1 Å². The molecule has 34 heavy (non-hydrogen) atoms. The number of methoxy groups -OCH3 is 1. The lowest BCUT2D eigenvalue weighted by atomic mass is 9.92. The molecule has 0 spiro atoms. The molecule has 4 unspecified atom stereocenters. The molecule has 1 aromatic heterocycles. The lowest BCUT2D eigenvalue weighted by molar-refractivity contribution is -0.127. The number of hydrogen-bond acceptors (Lipinski definition) is 5. The monoisotopic (exact) mass is 463 g/mol. The fourth-order valence-electron chi connectivity index (χ4n) is 5.98. The molecule has 9 nitrogen and oxygen atoms in total. The maximum absolute atomic E-state index is 13.6. The molecule has 2 saturated heterocycles. The van der Waals surface area contributed by atoms with Crippen LogP contribution in [0.5, 0.6) is 5.75 Å². The van der Waals surface area contributed by atoms with Gasteiger partial charge < -0.3 is 25.3 Å². The number of benzene rings is 1. The van der Waals surface area contributed by atoms with Crippen molar-refractivity contribution in [3.8, 4) is 11.8 Å². The molecule has 9 heteroatoms. The summed E-state index contributed by atoms with van der Waals surface area (Å²) >= 11 is 0. The summed E-state index contributed by atoms with van der Waals surface area (Å²) in [6, 6.07) is 8.10. The van der Waals surface area contributed by atoms with Gasteiger partial charge in [-0.05, 0) is 55.7 Å². The van der Waals surface area contributed by atoms with Crippen molar-refractivity contribution < 1.29 is 19.1 Å². The van der Waals surface area contributed by atoms with Crippen LogP contribution < -0.4 is 15.4 Å². The van der Waals surface area contributed by atoms with Gasteiger partial charge in [0.1, 0.15) is 23.5 Å². The van der Waals surface area contributed by atoms with Crippen molar-refractivity contribution >= 4 is 28.6 Å². The van der Waals surface area contributed by atoms with Crippen LogP contribution in [0, 0.1) is 29.1 Å². The van der Waals surface area contributed by atoms with E-state index in [1.807, 2.05) is 18.2 Å². The van der Waals surface area contributed by atoms with Crippen molar-refractivity contribution in [3.05, 3.63) is 30.0 Å². The Kier molecular flexibility index (Phi) is 5.90. The van der Waals surface area contributed by atoms with E-state index in [0.717, 1.165) is 30.2 Å². The number of aromatic amines is 1. The van der Waals surface area contributed by atoms with Crippen molar-refractivity contribution in [3.63, 3.8) is 0 Å². The average Bonchev–Trinajstić information content (AvgIpc) is 3.61. The Morgan fingerprint density at radius 1 is 1.32 bits per heavy atom. The summed E-state index contributed by atoms with van der Waals surface area (Å²) < 4.78 is 5.42. The van der Waals surface area contributed by atoms with Crippen LogP contribution in [0.3, 0.4) is 0 Å². The minimum Gasteiger partial charge on any atom is -0.496 e. The van der Waals surface area contributed by atoms with Crippen LogP contribution in [-0.4, -0.2) is 59.9 Å². The molecule has 2 aliphatic heterocycles. The lowest BCUT2D eigenvalue weighted by Gasteiger charge is -2.28. The van der Waals surface area contributed by atoms with Gasteiger partial charge in [0, 0.05) is 29.9 Å². The molecule has 1 aliphatic carbocycles. The number of aromatic nitrogens is 1. The van der Waals surface area contributed by atoms with Gasteiger partial charge in [-0.2, -0.15) is 5.26 Å². The summed E-state index contributed by atoms with van der Waals surface area (Å²) in [7, 11) is 1.59. The third-order valence-corrected chi connectivity index (χ3v) is 7.65. The highest BCUT2D eigenvalue weighted by Crippen LogP contribution is 2.43. The van der Waals surface area contributed by atoms with Crippen molar-refractivity contribution in [2.75, 3.05) is 20.2 Å². The summed E-state index contributed by atoms with van der Waals surface area (Å²) in [6.45, 7) is 1.12. The van der Waals surface area contributed by atoms with Gasteiger partial charge in [-0.1, -0.05) is 12.5 Å². The number of likely N-dealkylation sites (tertiary alicyclic amines) is 1. The number of hydrogen-bond donors (Lipinski definition) is 3. The predicted octanol–water partition coefficient (Wildman–Crippen LogP) is 1.95. The van der Waals surface area contributed by atoms with Crippen LogP contribution in [0.2, 0.25) is 0 Å². The average molecular weight is 464 g/mol. The number of ether oxygens (including phenoxy) is 1. The van der Waals surface area contributed by atoms with Gasteiger partial charge >= 0.3 is 0 Å². The van der Waals surface area contributed by atoms with E-state index in [2.05, 4.69) is 21.7 Å². The van der Waals surface area contributed by atoms with E-state index in [-0.39, 0.29) is 41.9 Å². The second-order valence-electron chi connectivity index (χ2n) is 9.56. The zero-order chi connectivity index (χ0) is 23.8. The highest BCUT2D eigenvalue weighted by molar-refractivity contribution is 6.02. The number of H-pyrrole nitrogens is 1. The first-order valence-corrected chi connectivity index (χ1v) is 11.9. The van der Waals surface area contributed by atoms with Gasteiger partial charge in [0.2, 0.25) is 11.8 Å². The first-order valence-electron chi connectivity index (χ1n) is 11.9. The lowest BCUT2D eigenvalue weighted by Crippen LogP contribution is -2.51. The Balaban J connectivity index is 1.37. The fourth-order valence-corrected chi connectivity index (χ4v) is 5.98. The first kappa shape index (κ1) is 22.3. The maximum Gasteiger partial charge on any atom is 0.271 e. The van der Waals surface area contributed by atoms with E-state index in [9.17, 15) is 19.6 Å². The van der Waals surface area contributed by atoms with Crippen molar-refractivity contribution in [1.29, 1.82) is 5.26 Å². The van der Waals surface area contributed by atoms with Gasteiger partial charge in [0.15, 0.2) is 0 Å². The number of carbonyl (C=O) groups excluding carboxylic acids is 3.